The van der Waals surface area contributed by atoms with Gasteiger partial charge in [0.2, 0.25) is 5.91 Å². The van der Waals surface area contributed by atoms with Gasteiger partial charge in [-0.3, -0.25) is 9.52 Å². The summed E-state index contributed by atoms with van der Waals surface area (Å²) in [6.07, 6.45) is 0.280. The molecular weight excluding hydrogens is 296 g/mol. The molecule has 0 aliphatic carbocycles. The zero-order valence-electron chi connectivity index (χ0n) is 10.6. The third-order valence-corrected chi connectivity index (χ3v) is 5.38. The van der Waals surface area contributed by atoms with Crippen LogP contribution in [0.5, 0.6) is 0 Å². The average molecular weight is 308 g/mol. The Balaban J connectivity index is 1.97. The van der Waals surface area contributed by atoms with E-state index in [1.807, 2.05) is 6.92 Å². The van der Waals surface area contributed by atoms with Crippen molar-refractivity contribution in [3.63, 3.8) is 0 Å². The van der Waals surface area contributed by atoms with Crippen LogP contribution in [-0.4, -0.2) is 14.3 Å². The number of benzene rings is 1. The van der Waals surface area contributed by atoms with Crippen molar-refractivity contribution < 1.29 is 13.2 Å². The molecule has 0 saturated carbocycles. The van der Waals surface area contributed by atoms with Crippen LogP contribution < -0.4 is 10.0 Å². The molecule has 0 radical (unpaired) electrons. The van der Waals surface area contributed by atoms with E-state index in [4.69, 9.17) is 0 Å². The van der Waals surface area contributed by atoms with Crippen LogP contribution in [0.2, 0.25) is 0 Å². The minimum absolute atomic E-state index is 0.127. The van der Waals surface area contributed by atoms with E-state index in [-0.39, 0.29) is 17.2 Å². The summed E-state index contributed by atoms with van der Waals surface area (Å²) in [4.78, 5) is 12.6. The van der Waals surface area contributed by atoms with Gasteiger partial charge in [-0.2, -0.15) is 0 Å². The van der Waals surface area contributed by atoms with E-state index < -0.39 is 10.0 Å². The maximum Gasteiger partial charge on any atom is 0.262 e. The summed E-state index contributed by atoms with van der Waals surface area (Å²) in [6, 6.07) is 6.80. The molecular formula is C13H12N2O3S2. The van der Waals surface area contributed by atoms with Gasteiger partial charge in [-0.05, 0) is 24.6 Å². The zero-order valence-corrected chi connectivity index (χ0v) is 12.3. The third-order valence-electron chi connectivity index (χ3n) is 3.03. The van der Waals surface area contributed by atoms with Crippen molar-refractivity contribution in [1.82, 2.24) is 0 Å². The van der Waals surface area contributed by atoms with Gasteiger partial charge in [-0.15, -0.1) is 11.3 Å². The number of carbonyl (C=O) groups is 1. The number of nitrogens with one attached hydrogen (secondary N) is 2. The van der Waals surface area contributed by atoms with E-state index in [0.717, 1.165) is 10.4 Å². The monoisotopic (exact) mass is 308 g/mol. The first-order chi connectivity index (χ1) is 9.45. The second-order valence-electron chi connectivity index (χ2n) is 4.56. The van der Waals surface area contributed by atoms with E-state index in [2.05, 4.69) is 10.0 Å². The molecule has 0 unspecified atom stereocenters. The molecule has 0 fully saturated rings. The molecule has 2 heterocycles. The van der Waals surface area contributed by atoms with Gasteiger partial charge in [0.05, 0.1) is 22.7 Å². The van der Waals surface area contributed by atoms with Gasteiger partial charge in [0, 0.05) is 10.3 Å². The molecule has 1 aliphatic heterocycles. The summed E-state index contributed by atoms with van der Waals surface area (Å²) in [5, 5.41) is 4.28. The Morgan fingerprint density at radius 2 is 2.15 bits per heavy atom. The molecule has 1 aromatic heterocycles. The highest BCUT2D eigenvalue weighted by Gasteiger charge is 2.23. The number of anilines is 2. The molecule has 104 valence electrons. The molecule has 1 aliphatic rings. The van der Waals surface area contributed by atoms with Gasteiger partial charge in [0.15, 0.2) is 0 Å². The molecule has 2 N–H and O–H groups in total. The number of fused-ring (bicyclic) bond motifs is 1. The van der Waals surface area contributed by atoms with Crippen LogP contribution in [0.1, 0.15) is 10.4 Å². The SMILES string of the molecule is Cc1cc(S(=O)(=O)Nc2cccc3c2NC(=O)C3)cs1. The number of para-hydroxylation sites is 1. The van der Waals surface area contributed by atoms with E-state index in [1.54, 1.807) is 29.6 Å². The fourth-order valence-corrected chi connectivity index (χ4v) is 4.30. The Morgan fingerprint density at radius 3 is 2.85 bits per heavy atom. The Bertz CT molecular complexity index is 794. The van der Waals surface area contributed by atoms with Gasteiger partial charge in [0.25, 0.3) is 10.0 Å². The molecule has 0 bridgehead atoms. The summed E-state index contributed by atoms with van der Waals surface area (Å²) >= 11 is 1.38. The summed E-state index contributed by atoms with van der Waals surface area (Å²) in [6.45, 7) is 1.85. The predicted octanol–water partition coefficient (Wildman–Crippen LogP) is 2.35. The van der Waals surface area contributed by atoms with E-state index >= 15 is 0 Å². The minimum Gasteiger partial charge on any atom is -0.324 e. The van der Waals surface area contributed by atoms with Crippen LogP contribution in [0.3, 0.4) is 0 Å². The second-order valence-corrected chi connectivity index (χ2v) is 7.36. The lowest BCUT2D eigenvalue weighted by Gasteiger charge is -2.10. The molecule has 0 atom stereocenters. The molecule has 2 aromatic rings. The second kappa shape index (κ2) is 4.60. The van der Waals surface area contributed by atoms with Crippen LogP contribution in [0.4, 0.5) is 11.4 Å². The number of hydrogen-bond acceptors (Lipinski definition) is 4. The van der Waals surface area contributed by atoms with Crippen molar-refractivity contribution in [2.45, 2.75) is 18.2 Å². The van der Waals surface area contributed by atoms with Gasteiger partial charge in [0.1, 0.15) is 0 Å². The van der Waals surface area contributed by atoms with Crippen molar-refractivity contribution in [3.8, 4) is 0 Å². The van der Waals surface area contributed by atoms with Crippen LogP contribution in [0.25, 0.3) is 0 Å². The third kappa shape index (κ3) is 2.30. The van der Waals surface area contributed by atoms with E-state index in [9.17, 15) is 13.2 Å². The Labute approximate surface area is 120 Å². The Hall–Kier alpha value is -1.86. The maximum atomic E-state index is 12.3. The summed E-state index contributed by atoms with van der Waals surface area (Å²) in [5.41, 5.74) is 1.75. The minimum atomic E-state index is -3.62. The number of rotatable bonds is 3. The maximum absolute atomic E-state index is 12.3. The lowest BCUT2D eigenvalue weighted by molar-refractivity contribution is -0.115. The Morgan fingerprint density at radius 1 is 1.35 bits per heavy atom. The first-order valence-electron chi connectivity index (χ1n) is 5.95. The van der Waals surface area contributed by atoms with Crippen LogP contribution >= 0.6 is 11.3 Å². The fourth-order valence-electron chi connectivity index (χ4n) is 2.10. The quantitative estimate of drug-likeness (QED) is 0.914. The lowest BCUT2D eigenvalue weighted by atomic mass is 10.1. The highest BCUT2D eigenvalue weighted by molar-refractivity contribution is 7.92. The Kier molecular flexibility index (Phi) is 3.02. The molecule has 1 aromatic carbocycles. The van der Waals surface area contributed by atoms with Crippen molar-refractivity contribution in [3.05, 3.63) is 40.1 Å². The first kappa shape index (κ1) is 13.1. The van der Waals surface area contributed by atoms with Gasteiger partial charge in [-0.1, -0.05) is 12.1 Å². The molecule has 3 rings (SSSR count). The normalized spacial score (nSPS) is 13.9. The molecule has 7 heteroatoms. The summed E-state index contributed by atoms with van der Waals surface area (Å²) in [5.74, 6) is -0.127. The summed E-state index contributed by atoms with van der Waals surface area (Å²) < 4.78 is 27.1. The number of sulfonamides is 1. The summed E-state index contributed by atoms with van der Waals surface area (Å²) in [7, 11) is -3.62. The topological polar surface area (TPSA) is 75.3 Å². The fraction of sp³-hybridized carbons (Fsp3) is 0.154. The average Bonchev–Trinajstić information content (AvgIpc) is 2.95. The first-order valence-corrected chi connectivity index (χ1v) is 8.32. The number of aryl methyl sites for hydroxylation is 1. The molecule has 20 heavy (non-hydrogen) atoms. The number of carbonyl (C=O) groups excluding carboxylic acids is 1. The van der Waals surface area contributed by atoms with Crippen molar-refractivity contribution in [2.24, 2.45) is 0 Å². The van der Waals surface area contributed by atoms with Gasteiger partial charge < -0.3 is 5.32 Å². The number of hydrogen-bond donors (Lipinski definition) is 2. The highest BCUT2D eigenvalue weighted by atomic mass is 32.2. The van der Waals surface area contributed by atoms with Gasteiger partial charge >= 0.3 is 0 Å². The standard InChI is InChI=1S/C13H12N2O3S2/c1-8-5-10(7-19-8)20(17,18)15-11-4-2-3-9-6-12(16)14-13(9)11/h2-5,7,15H,6H2,1H3,(H,14,16). The molecule has 0 saturated heterocycles. The molecule has 0 spiro atoms. The molecule has 5 nitrogen and oxygen atoms in total. The predicted molar refractivity (Wildman–Crippen MR) is 78.6 cm³/mol. The highest BCUT2D eigenvalue weighted by Crippen LogP contribution is 2.33. The van der Waals surface area contributed by atoms with Crippen molar-refractivity contribution in [2.75, 3.05) is 10.0 Å². The lowest BCUT2D eigenvalue weighted by Crippen LogP contribution is -2.13. The van der Waals surface area contributed by atoms with Crippen LogP contribution in [0, 0.1) is 6.92 Å². The zero-order chi connectivity index (χ0) is 14.3. The van der Waals surface area contributed by atoms with Gasteiger partial charge in [-0.25, -0.2) is 8.42 Å². The van der Waals surface area contributed by atoms with Crippen molar-refractivity contribution >= 4 is 38.6 Å². The number of amides is 1. The van der Waals surface area contributed by atoms with Crippen LogP contribution in [0.15, 0.2) is 34.5 Å². The van der Waals surface area contributed by atoms with Crippen molar-refractivity contribution in [1.29, 1.82) is 0 Å². The largest absolute Gasteiger partial charge is 0.324 e. The van der Waals surface area contributed by atoms with E-state index in [0.29, 0.717) is 11.4 Å². The number of thiophene rings is 1. The smallest absolute Gasteiger partial charge is 0.262 e. The molecule has 1 amide bonds. The van der Waals surface area contributed by atoms with Crippen LogP contribution in [-0.2, 0) is 21.2 Å². The van der Waals surface area contributed by atoms with E-state index in [1.165, 1.54) is 11.3 Å².